The van der Waals surface area contributed by atoms with Gasteiger partial charge >= 0.3 is 0 Å². The molecule has 0 aliphatic carbocycles. The number of hydrogen-bond acceptors (Lipinski definition) is 5. The van der Waals surface area contributed by atoms with E-state index in [0.717, 1.165) is 51.6 Å². The Morgan fingerprint density at radius 1 is 1.03 bits per heavy atom. The SMILES string of the molecule is COc1ccc2[nH]c3c(c2c1)CCN(c1ccc2c(c1)[SH]=C(N1CCOCC1)N2)C3. The number of aromatic nitrogens is 1. The fourth-order valence-electron chi connectivity index (χ4n) is 4.67. The van der Waals surface area contributed by atoms with Crippen LogP contribution in [-0.4, -0.2) is 55.0 Å². The molecule has 0 saturated carbocycles. The maximum Gasteiger partial charge on any atom is 0.119 e. The smallest absolute Gasteiger partial charge is 0.119 e. The molecule has 0 spiro atoms. The number of nitrogens with one attached hydrogen (secondary N) is 2. The average molecular weight is 423 g/mol. The summed E-state index contributed by atoms with van der Waals surface area (Å²) in [6, 6.07) is 13.1. The number of hydrogen-bond donors (Lipinski definition) is 3. The number of morpholine rings is 1. The largest absolute Gasteiger partial charge is 0.497 e. The first-order valence-corrected chi connectivity index (χ1v) is 11.4. The molecule has 2 N–H and O–H groups in total. The van der Waals surface area contributed by atoms with Crippen LogP contribution in [0.15, 0.2) is 41.3 Å². The van der Waals surface area contributed by atoms with Gasteiger partial charge in [-0.05, 0) is 48.4 Å². The minimum Gasteiger partial charge on any atom is -0.497 e. The molecule has 30 heavy (non-hydrogen) atoms. The molecule has 0 bridgehead atoms. The minimum absolute atomic E-state index is 0.814. The average Bonchev–Trinajstić information content (AvgIpc) is 3.39. The van der Waals surface area contributed by atoms with Gasteiger partial charge < -0.3 is 24.7 Å². The van der Waals surface area contributed by atoms with E-state index in [2.05, 4.69) is 50.4 Å². The minimum atomic E-state index is 0.814. The van der Waals surface area contributed by atoms with E-state index in [9.17, 15) is 0 Å². The van der Waals surface area contributed by atoms with Gasteiger partial charge in [-0.3, -0.25) is 4.90 Å². The Morgan fingerprint density at radius 3 is 2.80 bits per heavy atom. The van der Waals surface area contributed by atoms with Crippen molar-refractivity contribution in [1.29, 1.82) is 0 Å². The van der Waals surface area contributed by atoms with Gasteiger partial charge in [0.05, 0.1) is 32.6 Å². The molecule has 3 aliphatic rings. The highest BCUT2D eigenvalue weighted by atomic mass is 32.1. The van der Waals surface area contributed by atoms with E-state index in [1.54, 1.807) is 7.11 Å². The van der Waals surface area contributed by atoms with Crippen LogP contribution >= 0.6 is 11.4 Å². The summed E-state index contributed by atoms with van der Waals surface area (Å²) in [5.74, 6) is 0.921. The first-order chi connectivity index (χ1) is 14.8. The zero-order valence-corrected chi connectivity index (χ0v) is 18.0. The Bertz CT molecular complexity index is 1150. The van der Waals surface area contributed by atoms with Gasteiger partial charge in [0.15, 0.2) is 0 Å². The molecular formula is C23H26N4O2S. The van der Waals surface area contributed by atoms with Crippen molar-refractivity contribution in [2.24, 2.45) is 0 Å². The number of anilines is 2. The van der Waals surface area contributed by atoms with Gasteiger partial charge in [-0.2, -0.15) is 0 Å². The molecule has 156 valence electrons. The molecule has 0 amide bonds. The van der Waals surface area contributed by atoms with Crippen LogP contribution in [0.25, 0.3) is 10.9 Å². The summed E-state index contributed by atoms with van der Waals surface area (Å²) in [4.78, 5) is 9.89. The number of nitrogens with zero attached hydrogens (tertiary/aromatic N) is 2. The second-order valence-electron chi connectivity index (χ2n) is 8.03. The van der Waals surface area contributed by atoms with Crippen LogP contribution in [0.1, 0.15) is 11.3 Å². The summed E-state index contributed by atoms with van der Waals surface area (Å²) in [6.45, 7) is 5.51. The molecule has 3 aromatic rings. The van der Waals surface area contributed by atoms with Crippen LogP contribution in [0.4, 0.5) is 11.4 Å². The van der Waals surface area contributed by atoms with Crippen LogP contribution in [-0.2, 0) is 17.7 Å². The molecule has 0 atom stereocenters. The topological polar surface area (TPSA) is 52.8 Å². The zero-order valence-electron chi connectivity index (χ0n) is 17.1. The predicted molar refractivity (Wildman–Crippen MR) is 124 cm³/mol. The molecule has 1 saturated heterocycles. The van der Waals surface area contributed by atoms with E-state index >= 15 is 0 Å². The van der Waals surface area contributed by atoms with Gasteiger partial charge in [0, 0.05) is 46.8 Å². The van der Waals surface area contributed by atoms with Crippen LogP contribution in [0.5, 0.6) is 5.75 Å². The van der Waals surface area contributed by atoms with Crippen molar-refractivity contribution >= 4 is 38.7 Å². The van der Waals surface area contributed by atoms with Gasteiger partial charge in [0.25, 0.3) is 0 Å². The van der Waals surface area contributed by atoms with Crippen molar-refractivity contribution in [2.45, 2.75) is 17.9 Å². The summed E-state index contributed by atoms with van der Waals surface area (Å²) in [6.07, 6.45) is 1.04. The lowest BCUT2D eigenvalue weighted by Crippen LogP contribution is -2.42. The van der Waals surface area contributed by atoms with E-state index < -0.39 is 0 Å². The molecule has 7 heteroatoms. The third-order valence-electron chi connectivity index (χ3n) is 6.31. The normalized spacial score (nSPS) is 19.0. The van der Waals surface area contributed by atoms with Crippen molar-refractivity contribution in [3.05, 3.63) is 47.7 Å². The van der Waals surface area contributed by atoms with Crippen molar-refractivity contribution in [1.82, 2.24) is 9.88 Å². The Kier molecular flexibility index (Phi) is 4.48. The molecule has 6 rings (SSSR count). The number of thiol groups is 1. The zero-order chi connectivity index (χ0) is 20.1. The standard InChI is InChI=1S/C23H26N4O2S/c1-28-16-3-5-19-18(13-16)17-6-7-27(14-21(17)24-19)15-2-4-20-22(12-15)30-23(25-20)26-8-10-29-11-9-26/h2-5,12-13,24-25,30H,6-11,14H2,1H3. The number of rotatable bonds is 2. The number of aromatic amines is 1. The third-order valence-corrected chi connectivity index (χ3v) is 7.53. The number of methoxy groups -OCH3 is 1. The van der Waals surface area contributed by atoms with Crippen LogP contribution in [0.3, 0.4) is 0 Å². The Hall–Kier alpha value is -2.48. The molecule has 3 aliphatic heterocycles. The van der Waals surface area contributed by atoms with Gasteiger partial charge in [-0.1, -0.05) is 0 Å². The number of benzene rings is 2. The monoisotopic (exact) mass is 422 g/mol. The van der Waals surface area contributed by atoms with Crippen molar-refractivity contribution in [3.8, 4) is 5.75 Å². The predicted octanol–water partition coefficient (Wildman–Crippen LogP) is 3.41. The van der Waals surface area contributed by atoms with E-state index in [1.807, 2.05) is 6.07 Å². The summed E-state index contributed by atoms with van der Waals surface area (Å²) in [5, 5.41) is 6.20. The molecule has 0 unspecified atom stereocenters. The highest BCUT2D eigenvalue weighted by Gasteiger charge is 2.24. The molecule has 1 aromatic heterocycles. The highest BCUT2D eigenvalue weighted by Crippen LogP contribution is 2.37. The van der Waals surface area contributed by atoms with E-state index in [4.69, 9.17) is 9.47 Å². The second kappa shape index (κ2) is 7.34. The first-order valence-electron chi connectivity index (χ1n) is 10.5. The summed E-state index contributed by atoms with van der Waals surface area (Å²) < 4.78 is 10.9. The maximum atomic E-state index is 5.50. The number of fused-ring (bicyclic) bond motifs is 4. The van der Waals surface area contributed by atoms with Gasteiger partial charge in [-0.15, -0.1) is 11.4 Å². The maximum absolute atomic E-state index is 5.50. The first kappa shape index (κ1) is 18.3. The molecule has 2 aromatic carbocycles. The summed E-state index contributed by atoms with van der Waals surface area (Å²) >= 11 is 1.27. The third kappa shape index (κ3) is 3.09. The number of ether oxygens (including phenoxy) is 2. The van der Waals surface area contributed by atoms with E-state index in [1.165, 1.54) is 54.9 Å². The van der Waals surface area contributed by atoms with Crippen LogP contribution in [0.2, 0.25) is 0 Å². The molecule has 1 fully saturated rings. The molecule has 0 radical (unpaired) electrons. The quantitative estimate of drug-likeness (QED) is 0.437. The van der Waals surface area contributed by atoms with Gasteiger partial charge in [0.2, 0.25) is 0 Å². The summed E-state index contributed by atoms with van der Waals surface area (Å²) in [5.41, 5.74) is 6.49. The fraction of sp³-hybridized carbons (Fsp3) is 0.348. The van der Waals surface area contributed by atoms with Gasteiger partial charge in [0.1, 0.15) is 10.9 Å². The van der Waals surface area contributed by atoms with Crippen molar-refractivity contribution < 1.29 is 9.47 Å². The lowest BCUT2D eigenvalue weighted by Gasteiger charge is -2.29. The fourth-order valence-corrected chi connectivity index (χ4v) is 5.86. The Balaban J connectivity index is 1.26. The number of H-pyrrole nitrogens is 1. The Morgan fingerprint density at radius 2 is 1.93 bits per heavy atom. The van der Waals surface area contributed by atoms with E-state index in [0.29, 0.717) is 0 Å². The molecule has 4 heterocycles. The highest BCUT2D eigenvalue weighted by molar-refractivity contribution is 7.99. The molecule has 6 nitrogen and oxygen atoms in total. The lowest BCUT2D eigenvalue weighted by atomic mass is 10.0. The molecular weight excluding hydrogens is 396 g/mol. The van der Waals surface area contributed by atoms with Crippen LogP contribution < -0.4 is 15.0 Å². The summed E-state index contributed by atoms with van der Waals surface area (Å²) in [7, 11) is 1.73. The van der Waals surface area contributed by atoms with E-state index in [-0.39, 0.29) is 0 Å². The second-order valence-corrected chi connectivity index (χ2v) is 9.16. The van der Waals surface area contributed by atoms with Crippen LogP contribution in [0, 0.1) is 0 Å². The van der Waals surface area contributed by atoms with Gasteiger partial charge in [-0.25, -0.2) is 0 Å². The Labute approximate surface area is 179 Å². The lowest BCUT2D eigenvalue weighted by molar-refractivity contribution is 0.0690. The van der Waals surface area contributed by atoms with Crippen molar-refractivity contribution in [2.75, 3.05) is 50.2 Å². The van der Waals surface area contributed by atoms with Crippen molar-refractivity contribution in [3.63, 3.8) is 0 Å².